The molecule has 2 aromatic rings. The second kappa shape index (κ2) is 7.61. The van der Waals surface area contributed by atoms with Gasteiger partial charge < -0.3 is 10.6 Å². The Morgan fingerprint density at radius 3 is 2.64 bits per heavy atom. The molecule has 0 aliphatic carbocycles. The van der Waals surface area contributed by atoms with Crippen LogP contribution >= 0.6 is 27.5 Å². The lowest BCUT2D eigenvalue weighted by Gasteiger charge is -2.09. The fourth-order valence-corrected chi connectivity index (χ4v) is 2.38. The number of benzene rings is 2. The van der Waals surface area contributed by atoms with Crippen LogP contribution in [0.1, 0.15) is 12.0 Å². The van der Waals surface area contributed by atoms with Crippen LogP contribution in [0.5, 0.6) is 0 Å². The van der Waals surface area contributed by atoms with E-state index in [2.05, 4.69) is 26.6 Å². The summed E-state index contributed by atoms with van der Waals surface area (Å²) in [5, 5.41) is 5.84. The van der Waals surface area contributed by atoms with Crippen molar-refractivity contribution in [1.82, 2.24) is 0 Å². The van der Waals surface area contributed by atoms with E-state index in [0.717, 1.165) is 15.7 Å². The second-order valence-electron chi connectivity index (χ2n) is 4.82. The van der Waals surface area contributed by atoms with E-state index >= 15 is 0 Å². The van der Waals surface area contributed by atoms with Crippen molar-refractivity contribution < 1.29 is 9.18 Å². The Balaban J connectivity index is 1.82. The highest BCUT2D eigenvalue weighted by Crippen LogP contribution is 2.21. The number of nitrogens with one attached hydrogen (secondary N) is 2. The molecule has 0 saturated carbocycles. The van der Waals surface area contributed by atoms with Crippen LogP contribution in [-0.4, -0.2) is 12.5 Å². The summed E-state index contributed by atoms with van der Waals surface area (Å²) < 4.78 is 14.0. The summed E-state index contributed by atoms with van der Waals surface area (Å²) in [4.78, 5) is 11.8. The largest absolute Gasteiger partial charge is 0.384 e. The Morgan fingerprint density at radius 1 is 1.23 bits per heavy atom. The van der Waals surface area contributed by atoms with Gasteiger partial charge in [-0.15, -0.1) is 0 Å². The molecular formula is C16H15BrClFN2O. The minimum atomic E-state index is -0.508. The maximum Gasteiger partial charge on any atom is 0.226 e. The standard InChI is InChI=1S/C16H15BrClFN2O/c1-10-2-3-11(8-13(10)17)20-7-6-16(22)21-12-4-5-15(19)14(18)9-12/h2-5,8-9,20H,6-7H2,1H3,(H,21,22). The fraction of sp³-hybridized carbons (Fsp3) is 0.188. The van der Waals surface area contributed by atoms with E-state index in [4.69, 9.17) is 11.6 Å². The summed E-state index contributed by atoms with van der Waals surface area (Å²) in [7, 11) is 0. The minimum absolute atomic E-state index is 0.0135. The quantitative estimate of drug-likeness (QED) is 0.761. The van der Waals surface area contributed by atoms with Crippen molar-refractivity contribution in [3.63, 3.8) is 0 Å². The van der Waals surface area contributed by atoms with E-state index in [1.54, 1.807) is 0 Å². The summed E-state index contributed by atoms with van der Waals surface area (Å²) in [5.74, 6) is -0.673. The van der Waals surface area contributed by atoms with Gasteiger partial charge >= 0.3 is 0 Å². The minimum Gasteiger partial charge on any atom is -0.384 e. The first kappa shape index (κ1) is 16.8. The van der Waals surface area contributed by atoms with Crippen molar-refractivity contribution in [1.29, 1.82) is 0 Å². The molecule has 2 aromatic carbocycles. The zero-order valence-corrected chi connectivity index (χ0v) is 14.3. The maximum absolute atomic E-state index is 13.0. The van der Waals surface area contributed by atoms with Crippen LogP contribution in [0.3, 0.4) is 0 Å². The predicted octanol–water partition coefficient (Wildman–Crippen LogP) is 4.99. The average Bonchev–Trinajstić information content (AvgIpc) is 2.47. The molecule has 0 fully saturated rings. The van der Waals surface area contributed by atoms with Gasteiger partial charge in [0.15, 0.2) is 0 Å². The van der Waals surface area contributed by atoms with Crippen LogP contribution in [0, 0.1) is 12.7 Å². The van der Waals surface area contributed by atoms with E-state index in [0.29, 0.717) is 18.7 Å². The molecule has 0 aliphatic rings. The van der Waals surface area contributed by atoms with Crippen LogP contribution in [0.2, 0.25) is 5.02 Å². The molecule has 0 spiro atoms. The highest BCUT2D eigenvalue weighted by molar-refractivity contribution is 9.10. The van der Waals surface area contributed by atoms with Crippen molar-refractivity contribution in [2.45, 2.75) is 13.3 Å². The third-order valence-electron chi connectivity index (χ3n) is 3.06. The summed E-state index contributed by atoms with van der Waals surface area (Å²) in [6, 6.07) is 10.0. The molecule has 0 atom stereocenters. The highest BCUT2D eigenvalue weighted by Gasteiger charge is 2.05. The topological polar surface area (TPSA) is 41.1 Å². The van der Waals surface area contributed by atoms with Crippen LogP contribution in [0.25, 0.3) is 0 Å². The number of hydrogen-bond donors (Lipinski definition) is 2. The molecule has 116 valence electrons. The molecule has 0 heterocycles. The first-order valence-electron chi connectivity index (χ1n) is 6.70. The molecule has 0 unspecified atom stereocenters. The van der Waals surface area contributed by atoms with Gasteiger partial charge in [0.25, 0.3) is 0 Å². The molecule has 0 radical (unpaired) electrons. The first-order chi connectivity index (χ1) is 10.5. The van der Waals surface area contributed by atoms with Gasteiger partial charge in [-0.1, -0.05) is 33.6 Å². The van der Waals surface area contributed by atoms with Crippen LogP contribution in [0.15, 0.2) is 40.9 Å². The molecule has 0 aromatic heterocycles. The lowest BCUT2D eigenvalue weighted by molar-refractivity contribution is -0.115. The molecule has 2 N–H and O–H groups in total. The molecule has 0 bridgehead atoms. The van der Waals surface area contributed by atoms with E-state index in [1.807, 2.05) is 25.1 Å². The smallest absolute Gasteiger partial charge is 0.226 e. The summed E-state index contributed by atoms with van der Waals surface area (Å²) >= 11 is 9.13. The van der Waals surface area contributed by atoms with Gasteiger partial charge in [-0.25, -0.2) is 4.39 Å². The summed E-state index contributed by atoms with van der Waals surface area (Å²) in [6.45, 7) is 2.51. The lowest BCUT2D eigenvalue weighted by atomic mass is 10.2. The number of carbonyl (C=O) groups is 1. The number of carbonyl (C=O) groups excluding carboxylic acids is 1. The molecule has 1 amide bonds. The Hall–Kier alpha value is -1.59. The van der Waals surface area contributed by atoms with Gasteiger partial charge in [-0.05, 0) is 42.8 Å². The van der Waals surface area contributed by atoms with E-state index < -0.39 is 5.82 Å². The molecular weight excluding hydrogens is 371 g/mol. The Labute approximate surface area is 142 Å². The van der Waals surface area contributed by atoms with Crippen molar-refractivity contribution >= 4 is 44.8 Å². The number of rotatable bonds is 5. The fourth-order valence-electron chi connectivity index (χ4n) is 1.82. The second-order valence-corrected chi connectivity index (χ2v) is 6.08. The summed E-state index contributed by atoms with van der Waals surface area (Å²) in [5.41, 5.74) is 2.57. The molecule has 22 heavy (non-hydrogen) atoms. The van der Waals surface area contributed by atoms with Crippen molar-refractivity contribution in [3.8, 4) is 0 Å². The van der Waals surface area contributed by atoms with Gasteiger partial charge in [-0.2, -0.15) is 0 Å². The number of hydrogen-bond acceptors (Lipinski definition) is 2. The normalized spacial score (nSPS) is 10.4. The number of amides is 1. The van der Waals surface area contributed by atoms with E-state index in [-0.39, 0.29) is 10.9 Å². The zero-order chi connectivity index (χ0) is 16.1. The van der Waals surface area contributed by atoms with E-state index in [1.165, 1.54) is 18.2 Å². The Kier molecular flexibility index (Phi) is 5.80. The average molecular weight is 386 g/mol. The van der Waals surface area contributed by atoms with Crippen LogP contribution in [0.4, 0.5) is 15.8 Å². The predicted molar refractivity (Wildman–Crippen MR) is 92.0 cm³/mol. The SMILES string of the molecule is Cc1ccc(NCCC(=O)Nc2ccc(F)c(Cl)c2)cc1Br. The zero-order valence-electron chi connectivity index (χ0n) is 11.9. The van der Waals surface area contributed by atoms with Gasteiger partial charge in [0.05, 0.1) is 5.02 Å². The first-order valence-corrected chi connectivity index (χ1v) is 7.88. The number of aryl methyl sites for hydroxylation is 1. The summed E-state index contributed by atoms with van der Waals surface area (Å²) in [6.07, 6.45) is 0.292. The Morgan fingerprint density at radius 2 is 1.95 bits per heavy atom. The van der Waals surface area contributed by atoms with Crippen LogP contribution < -0.4 is 10.6 Å². The van der Waals surface area contributed by atoms with Crippen molar-refractivity contribution in [3.05, 3.63) is 57.3 Å². The van der Waals surface area contributed by atoms with Crippen molar-refractivity contribution in [2.24, 2.45) is 0 Å². The van der Waals surface area contributed by atoms with Gasteiger partial charge in [0.2, 0.25) is 5.91 Å². The molecule has 2 rings (SSSR count). The van der Waals surface area contributed by atoms with Crippen molar-refractivity contribution in [2.75, 3.05) is 17.2 Å². The maximum atomic E-state index is 13.0. The number of anilines is 2. The molecule has 0 saturated heterocycles. The lowest BCUT2D eigenvalue weighted by Crippen LogP contribution is -2.16. The van der Waals surface area contributed by atoms with Gasteiger partial charge in [0, 0.05) is 28.8 Å². The van der Waals surface area contributed by atoms with E-state index in [9.17, 15) is 9.18 Å². The van der Waals surface area contributed by atoms with Gasteiger partial charge in [-0.3, -0.25) is 4.79 Å². The molecule has 0 aliphatic heterocycles. The Bertz CT molecular complexity index is 694. The third-order valence-corrected chi connectivity index (χ3v) is 4.20. The molecule has 6 heteroatoms. The monoisotopic (exact) mass is 384 g/mol. The third kappa shape index (κ3) is 4.71. The van der Waals surface area contributed by atoms with Gasteiger partial charge in [0.1, 0.15) is 5.82 Å². The van der Waals surface area contributed by atoms with Crippen LogP contribution in [-0.2, 0) is 4.79 Å². The highest BCUT2D eigenvalue weighted by atomic mass is 79.9. The number of halogens is 3. The molecule has 3 nitrogen and oxygen atoms in total.